The zero-order chi connectivity index (χ0) is 22.7. The van der Waals surface area contributed by atoms with Gasteiger partial charge in [-0.25, -0.2) is 0 Å². The fraction of sp³-hybridized carbons (Fsp3) is 0.304. The molecule has 1 aliphatic rings. The number of fused-ring (bicyclic) bond motifs is 1. The van der Waals surface area contributed by atoms with Crippen molar-refractivity contribution in [2.45, 2.75) is 38.5 Å². The lowest BCUT2D eigenvalue weighted by molar-refractivity contribution is -0.121. The van der Waals surface area contributed by atoms with Crippen molar-refractivity contribution >= 4 is 35.0 Å². The Morgan fingerprint density at radius 3 is 2.81 bits per heavy atom. The zero-order valence-corrected chi connectivity index (χ0v) is 19.1. The van der Waals surface area contributed by atoms with Gasteiger partial charge in [-0.15, -0.1) is 10.2 Å². The summed E-state index contributed by atoms with van der Waals surface area (Å²) < 4.78 is 7.50. The molecule has 4 rings (SSSR count). The molecule has 0 saturated carbocycles. The molecule has 0 fully saturated rings. The smallest absolute Gasteiger partial charge is 0.265 e. The first-order valence-corrected chi connectivity index (χ1v) is 11.4. The number of ether oxygens (including phenoxy) is 1. The number of para-hydroxylation sites is 2. The van der Waals surface area contributed by atoms with E-state index in [-0.39, 0.29) is 30.2 Å². The second-order valence-corrected chi connectivity index (χ2v) is 8.43. The Kier molecular flexibility index (Phi) is 6.45. The summed E-state index contributed by atoms with van der Waals surface area (Å²) in [5.41, 5.74) is 2.57. The van der Waals surface area contributed by atoms with Crippen molar-refractivity contribution in [2.75, 3.05) is 22.6 Å². The van der Waals surface area contributed by atoms with Crippen molar-refractivity contribution in [1.29, 1.82) is 0 Å². The maximum atomic E-state index is 12.7. The lowest BCUT2D eigenvalue weighted by Gasteiger charge is -2.33. The molecule has 8 nitrogen and oxygen atoms in total. The molecule has 0 radical (unpaired) electrons. The topological polar surface area (TPSA) is 89.4 Å². The van der Waals surface area contributed by atoms with Crippen LogP contribution in [-0.2, 0) is 16.1 Å². The number of hydrogen-bond donors (Lipinski definition) is 1. The lowest BCUT2D eigenvalue weighted by Crippen LogP contribution is -2.41. The molecule has 0 aliphatic carbocycles. The number of benzene rings is 2. The van der Waals surface area contributed by atoms with Crippen LogP contribution >= 0.6 is 11.8 Å². The predicted octanol–water partition coefficient (Wildman–Crippen LogP) is 3.82. The average Bonchev–Trinajstić information content (AvgIpc) is 3.20. The number of aromatic nitrogens is 3. The summed E-state index contributed by atoms with van der Waals surface area (Å²) in [6.07, 6.45) is 0. The molecule has 0 bridgehead atoms. The molecule has 0 unspecified atom stereocenters. The third-order valence-electron chi connectivity index (χ3n) is 5.20. The molecule has 1 aromatic heterocycles. The molecule has 1 aliphatic heterocycles. The molecule has 0 saturated heterocycles. The van der Waals surface area contributed by atoms with Gasteiger partial charge in [-0.1, -0.05) is 36.0 Å². The number of amides is 2. The van der Waals surface area contributed by atoms with E-state index in [1.807, 2.05) is 73.9 Å². The summed E-state index contributed by atoms with van der Waals surface area (Å²) in [4.78, 5) is 26.8. The summed E-state index contributed by atoms with van der Waals surface area (Å²) in [5, 5.41) is 12.2. The molecule has 2 amide bonds. The third kappa shape index (κ3) is 4.47. The largest absolute Gasteiger partial charge is 0.482 e. The quantitative estimate of drug-likeness (QED) is 0.549. The highest BCUT2D eigenvalue weighted by Gasteiger charge is 2.33. The van der Waals surface area contributed by atoms with E-state index >= 15 is 0 Å². The first kappa shape index (κ1) is 21.9. The Hall–Kier alpha value is -3.33. The minimum Gasteiger partial charge on any atom is -0.482 e. The van der Waals surface area contributed by atoms with Crippen LogP contribution in [0, 0.1) is 6.92 Å². The number of aryl methyl sites for hydroxylation is 1. The van der Waals surface area contributed by atoms with Crippen molar-refractivity contribution in [3.05, 3.63) is 59.9 Å². The summed E-state index contributed by atoms with van der Waals surface area (Å²) in [5.74, 6) is 1.30. The Morgan fingerprint density at radius 2 is 2.03 bits per heavy atom. The van der Waals surface area contributed by atoms with Gasteiger partial charge < -0.3 is 14.6 Å². The Morgan fingerprint density at radius 1 is 1.22 bits per heavy atom. The summed E-state index contributed by atoms with van der Waals surface area (Å²) in [6, 6.07) is 14.8. The van der Waals surface area contributed by atoms with Crippen molar-refractivity contribution < 1.29 is 14.3 Å². The minimum atomic E-state index is -0.338. The molecule has 166 valence electrons. The number of nitrogens with zero attached hydrogens (tertiary/aromatic N) is 4. The molecule has 2 aromatic carbocycles. The average molecular weight is 452 g/mol. The molecular formula is C23H25N5O3S. The van der Waals surface area contributed by atoms with Gasteiger partial charge in [-0.3, -0.25) is 14.5 Å². The van der Waals surface area contributed by atoms with Crippen LogP contribution in [0.3, 0.4) is 0 Å². The van der Waals surface area contributed by atoms with Gasteiger partial charge in [0.05, 0.1) is 17.5 Å². The van der Waals surface area contributed by atoms with E-state index < -0.39 is 0 Å². The van der Waals surface area contributed by atoms with Crippen LogP contribution in [0.15, 0.2) is 53.7 Å². The highest BCUT2D eigenvalue weighted by molar-refractivity contribution is 7.99. The lowest BCUT2D eigenvalue weighted by atomic mass is 10.1. The van der Waals surface area contributed by atoms with Crippen LogP contribution in [0.1, 0.15) is 31.3 Å². The normalized spacial score (nSPS) is 14.0. The van der Waals surface area contributed by atoms with E-state index in [1.165, 1.54) is 11.8 Å². The van der Waals surface area contributed by atoms with Gasteiger partial charge in [0, 0.05) is 12.2 Å². The van der Waals surface area contributed by atoms with Gasteiger partial charge >= 0.3 is 0 Å². The first-order valence-electron chi connectivity index (χ1n) is 10.4. The highest BCUT2D eigenvalue weighted by Crippen LogP contribution is 2.37. The van der Waals surface area contributed by atoms with Gasteiger partial charge in [0.1, 0.15) is 5.75 Å². The van der Waals surface area contributed by atoms with Crippen molar-refractivity contribution in [1.82, 2.24) is 14.8 Å². The zero-order valence-electron chi connectivity index (χ0n) is 18.2. The number of nitrogens with one attached hydrogen (secondary N) is 1. The highest BCUT2D eigenvalue weighted by atomic mass is 32.2. The molecule has 1 N–H and O–H groups in total. The first-order chi connectivity index (χ1) is 15.5. The third-order valence-corrected chi connectivity index (χ3v) is 6.17. The van der Waals surface area contributed by atoms with Crippen LogP contribution in [-0.4, -0.2) is 38.9 Å². The maximum Gasteiger partial charge on any atom is 0.265 e. The minimum absolute atomic E-state index is 0.0116. The number of anilines is 2. The monoisotopic (exact) mass is 451 g/mol. The van der Waals surface area contributed by atoms with Crippen LogP contribution in [0.5, 0.6) is 5.75 Å². The number of rotatable bonds is 7. The van der Waals surface area contributed by atoms with Gasteiger partial charge in [0.2, 0.25) is 5.91 Å². The Bertz CT molecular complexity index is 1150. The summed E-state index contributed by atoms with van der Waals surface area (Å²) in [7, 11) is 0. The molecule has 2 heterocycles. The molecule has 0 spiro atoms. The van der Waals surface area contributed by atoms with Crippen molar-refractivity contribution in [2.24, 2.45) is 0 Å². The van der Waals surface area contributed by atoms with E-state index in [4.69, 9.17) is 4.74 Å². The van der Waals surface area contributed by atoms with E-state index in [2.05, 4.69) is 15.5 Å². The molecule has 32 heavy (non-hydrogen) atoms. The summed E-state index contributed by atoms with van der Waals surface area (Å²) in [6.45, 7) is 6.51. The van der Waals surface area contributed by atoms with Crippen LogP contribution in [0.25, 0.3) is 0 Å². The number of carbonyl (C=O) groups is 2. The molecule has 1 atom stereocenters. The van der Waals surface area contributed by atoms with Gasteiger partial charge in [0.25, 0.3) is 5.91 Å². The number of thioether (sulfide) groups is 1. The standard InChI is InChI=1S/C23H25N5O3S/c1-4-27-22(16(3)28-18-10-5-6-11-19(18)31-13-21(28)30)25-26-23(27)32-14-20(29)24-17-9-7-8-15(2)12-17/h5-12,16H,4,13-14H2,1-3H3,(H,24,29)/t16-/m0/s1. The van der Waals surface area contributed by atoms with E-state index in [0.717, 1.165) is 11.3 Å². The number of carbonyl (C=O) groups excluding carboxylic acids is 2. The Labute approximate surface area is 191 Å². The van der Waals surface area contributed by atoms with E-state index in [1.54, 1.807) is 4.90 Å². The number of hydrogen-bond acceptors (Lipinski definition) is 6. The molecule has 3 aromatic rings. The maximum absolute atomic E-state index is 12.7. The fourth-order valence-electron chi connectivity index (χ4n) is 3.72. The van der Waals surface area contributed by atoms with Gasteiger partial charge in [0.15, 0.2) is 17.6 Å². The second kappa shape index (κ2) is 9.44. The van der Waals surface area contributed by atoms with Gasteiger partial charge in [-0.2, -0.15) is 0 Å². The summed E-state index contributed by atoms with van der Waals surface area (Å²) >= 11 is 1.32. The van der Waals surface area contributed by atoms with Crippen LogP contribution in [0.2, 0.25) is 0 Å². The SMILES string of the molecule is CCn1c(SCC(=O)Nc2cccc(C)c2)nnc1[C@H](C)N1C(=O)COc2ccccc21. The predicted molar refractivity (Wildman–Crippen MR) is 124 cm³/mol. The second-order valence-electron chi connectivity index (χ2n) is 7.49. The van der Waals surface area contributed by atoms with Crippen LogP contribution < -0.4 is 15.0 Å². The van der Waals surface area contributed by atoms with Crippen LogP contribution in [0.4, 0.5) is 11.4 Å². The Balaban J connectivity index is 1.49. The van der Waals surface area contributed by atoms with E-state index in [0.29, 0.717) is 29.0 Å². The van der Waals surface area contributed by atoms with E-state index in [9.17, 15) is 9.59 Å². The molecule has 9 heteroatoms. The molecular weight excluding hydrogens is 426 g/mol. The van der Waals surface area contributed by atoms with Gasteiger partial charge in [-0.05, 0) is 50.6 Å². The van der Waals surface area contributed by atoms with Crippen molar-refractivity contribution in [3.63, 3.8) is 0 Å². The fourth-order valence-corrected chi connectivity index (χ4v) is 4.53. The van der Waals surface area contributed by atoms with Crippen molar-refractivity contribution in [3.8, 4) is 5.75 Å².